The fourth-order valence-corrected chi connectivity index (χ4v) is 2.86. The molecule has 110 valence electrons. The van der Waals surface area contributed by atoms with E-state index in [0.717, 1.165) is 31.7 Å². The predicted octanol–water partition coefficient (Wildman–Crippen LogP) is 2.23. The average Bonchev–Trinajstić information content (AvgIpc) is 2.45. The molecular formula is C16H24N2O2. The maximum Gasteiger partial charge on any atom is 0.305 e. The summed E-state index contributed by atoms with van der Waals surface area (Å²) in [4.78, 5) is 15.9. The number of rotatable bonds is 5. The molecule has 0 spiro atoms. The number of aliphatic carboxylic acids is 1. The summed E-state index contributed by atoms with van der Waals surface area (Å²) in [6.07, 6.45) is 0.172. The Morgan fingerprint density at radius 3 is 2.15 bits per heavy atom. The zero-order chi connectivity index (χ0) is 14.5. The van der Waals surface area contributed by atoms with Crippen LogP contribution in [0.4, 0.5) is 0 Å². The SMILES string of the molecule is CC(C)N1CCN(C(CC(=O)O)c2ccccc2)CC1. The van der Waals surface area contributed by atoms with Gasteiger partial charge in [-0.15, -0.1) is 0 Å². The summed E-state index contributed by atoms with van der Waals surface area (Å²) in [5.41, 5.74) is 1.10. The fourth-order valence-electron chi connectivity index (χ4n) is 2.86. The highest BCUT2D eigenvalue weighted by molar-refractivity contribution is 5.68. The molecule has 1 atom stereocenters. The molecule has 20 heavy (non-hydrogen) atoms. The van der Waals surface area contributed by atoms with Gasteiger partial charge in [0.2, 0.25) is 0 Å². The summed E-state index contributed by atoms with van der Waals surface area (Å²) in [5.74, 6) is -0.731. The van der Waals surface area contributed by atoms with Crippen LogP contribution >= 0.6 is 0 Å². The Morgan fingerprint density at radius 2 is 1.65 bits per heavy atom. The Hall–Kier alpha value is -1.39. The van der Waals surface area contributed by atoms with Crippen LogP contribution in [-0.2, 0) is 4.79 Å². The Balaban J connectivity index is 2.07. The Bertz CT molecular complexity index is 425. The first-order valence-corrected chi connectivity index (χ1v) is 7.32. The minimum absolute atomic E-state index is 0.0111. The number of carbonyl (C=O) groups is 1. The third-order valence-corrected chi connectivity index (χ3v) is 4.07. The second-order valence-electron chi connectivity index (χ2n) is 5.69. The molecule has 1 aromatic rings. The molecule has 1 unspecified atom stereocenters. The largest absolute Gasteiger partial charge is 0.481 e. The molecule has 1 saturated heterocycles. The van der Waals surface area contributed by atoms with Gasteiger partial charge in [0.1, 0.15) is 0 Å². The third-order valence-electron chi connectivity index (χ3n) is 4.07. The molecular weight excluding hydrogens is 252 g/mol. The minimum Gasteiger partial charge on any atom is -0.481 e. The highest BCUT2D eigenvalue weighted by atomic mass is 16.4. The van der Waals surface area contributed by atoms with E-state index in [1.54, 1.807) is 0 Å². The van der Waals surface area contributed by atoms with Crippen LogP contribution in [0.5, 0.6) is 0 Å². The molecule has 4 nitrogen and oxygen atoms in total. The van der Waals surface area contributed by atoms with Gasteiger partial charge in [-0.1, -0.05) is 30.3 Å². The minimum atomic E-state index is -0.731. The molecule has 4 heteroatoms. The zero-order valence-corrected chi connectivity index (χ0v) is 12.3. The van der Waals surface area contributed by atoms with E-state index in [1.807, 2.05) is 30.3 Å². The third kappa shape index (κ3) is 3.81. The maximum atomic E-state index is 11.2. The van der Waals surface area contributed by atoms with E-state index in [2.05, 4.69) is 23.6 Å². The van der Waals surface area contributed by atoms with E-state index in [1.165, 1.54) is 0 Å². The van der Waals surface area contributed by atoms with Crippen molar-refractivity contribution >= 4 is 5.97 Å². The number of benzene rings is 1. The second-order valence-corrected chi connectivity index (χ2v) is 5.69. The predicted molar refractivity (Wildman–Crippen MR) is 79.7 cm³/mol. The number of nitrogens with zero attached hydrogens (tertiary/aromatic N) is 2. The average molecular weight is 276 g/mol. The fraction of sp³-hybridized carbons (Fsp3) is 0.562. The summed E-state index contributed by atoms with van der Waals surface area (Å²) in [6.45, 7) is 8.32. The molecule has 1 N–H and O–H groups in total. The summed E-state index contributed by atoms with van der Waals surface area (Å²) in [5, 5.41) is 9.18. The van der Waals surface area contributed by atoms with Gasteiger partial charge < -0.3 is 5.11 Å². The van der Waals surface area contributed by atoms with Gasteiger partial charge in [0.25, 0.3) is 0 Å². The summed E-state index contributed by atoms with van der Waals surface area (Å²) in [6, 6.07) is 10.5. The molecule has 0 aromatic heterocycles. The van der Waals surface area contributed by atoms with E-state index in [0.29, 0.717) is 6.04 Å². The molecule has 1 aliphatic heterocycles. The maximum absolute atomic E-state index is 11.2. The molecule has 0 radical (unpaired) electrons. The lowest BCUT2D eigenvalue weighted by atomic mass is 10.0. The summed E-state index contributed by atoms with van der Waals surface area (Å²) in [7, 11) is 0. The molecule has 1 fully saturated rings. The van der Waals surface area contributed by atoms with E-state index in [4.69, 9.17) is 0 Å². The Kier molecular flexibility index (Phi) is 5.15. The standard InChI is InChI=1S/C16H24N2O2/c1-13(2)17-8-10-18(11-9-17)15(12-16(19)20)14-6-4-3-5-7-14/h3-7,13,15H,8-12H2,1-2H3,(H,19,20). The van der Waals surface area contributed by atoms with Crippen LogP contribution in [0.1, 0.15) is 31.9 Å². The van der Waals surface area contributed by atoms with Gasteiger partial charge in [-0.25, -0.2) is 0 Å². The molecule has 0 saturated carbocycles. The quantitative estimate of drug-likeness (QED) is 0.895. The van der Waals surface area contributed by atoms with Gasteiger partial charge in [0.05, 0.1) is 6.42 Å². The molecule has 1 aliphatic rings. The lowest BCUT2D eigenvalue weighted by molar-refractivity contribution is -0.138. The first kappa shape index (κ1) is 15.0. The second kappa shape index (κ2) is 6.86. The van der Waals surface area contributed by atoms with E-state index in [-0.39, 0.29) is 12.5 Å². The van der Waals surface area contributed by atoms with Crippen molar-refractivity contribution in [1.29, 1.82) is 0 Å². The Labute approximate surface area is 121 Å². The molecule has 1 heterocycles. The molecule has 2 rings (SSSR count). The normalized spacial score (nSPS) is 19.1. The van der Waals surface area contributed by atoms with Crippen molar-refractivity contribution in [2.75, 3.05) is 26.2 Å². The van der Waals surface area contributed by atoms with Gasteiger partial charge in [0, 0.05) is 38.3 Å². The zero-order valence-electron chi connectivity index (χ0n) is 12.3. The smallest absolute Gasteiger partial charge is 0.305 e. The van der Waals surface area contributed by atoms with Crippen molar-refractivity contribution < 1.29 is 9.90 Å². The van der Waals surface area contributed by atoms with Crippen LogP contribution < -0.4 is 0 Å². The summed E-state index contributed by atoms with van der Waals surface area (Å²) < 4.78 is 0. The highest BCUT2D eigenvalue weighted by Gasteiger charge is 2.27. The van der Waals surface area contributed by atoms with Gasteiger partial charge in [-0.05, 0) is 19.4 Å². The van der Waals surface area contributed by atoms with Gasteiger partial charge in [-0.3, -0.25) is 14.6 Å². The summed E-state index contributed by atoms with van der Waals surface area (Å²) >= 11 is 0. The van der Waals surface area contributed by atoms with Crippen LogP contribution in [-0.4, -0.2) is 53.1 Å². The van der Waals surface area contributed by atoms with Crippen molar-refractivity contribution in [2.24, 2.45) is 0 Å². The lowest BCUT2D eigenvalue weighted by Crippen LogP contribution is -2.50. The van der Waals surface area contributed by atoms with Crippen LogP contribution in [0.15, 0.2) is 30.3 Å². The topological polar surface area (TPSA) is 43.8 Å². The molecule has 0 bridgehead atoms. The lowest BCUT2D eigenvalue weighted by Gasteiger charge is -2.40. The van der Waals surface area contributed by atoms with Crippen molar-refractivity contribution in [3.63, 3.8) is 0 Å². The van der Waals surface area contributed by atoms with Crippen molar-refractivity contribution in [3.05, 3.63) is 35.9 Å². The molecule has 1 aromatic carbocycles. The van der Waals surface area contributed by atoms with Crippen LogP contribution in [0.3, 0.4) is 0 Å². The van der Waals surface area contributed by atoms with Crippen molar-refractivity contribution in [3.8, 4) is 0 Å². The number of carboxylic acids is 1. The first-order valence-electron chi connectivity index (χ1n) is 7.32. The number of hydrogen-bond donors (Lipinski definition) is 1. The first-order chi connectivity index (χ1) is 9.58. The highest BCUT2D eigenvalue weighted by Crippen LogP contribution is 2.25. The van der Waals surface area contributed by atoms with E-state index < -0.39 is 5.97 Å². The Morgan fingerprint density at radius 1 is 1.10 bits per heavy atom. The van der Waals surface area contributed by atoms with Crippen LogP contribution in [0.2, 0.25) is 0 Å². The van der Waals surface area contributed by atoms with Gasteiger partial charge in [-0.2, -0.15) is 0 Å². The number of carboxylic acid groups (broad SMARTS) is 1. The number of hydrogen-bond acceptors (Lipinski definition) is 3. The van der Waals surface area contributed by atoms with Gasteiger partial charge in [0.15, 0.2) is 0 Å². The van der Waals surface area contributed by atoms with E-state index in [9.17, 15) is 9.90 Å². The monoisotopic (exact) mass is 276 g/mol. The van der Waals surface area contributed by atoms with Crippen LogP contribution in [0, 0.1) is 0 Å². The van der Waals surface area contributed by atoms with E-state index >= 15 is 0 Å². The molecule has 0 aliphatic carbocycles. The van der Waals surface area contributed by atoms with Crippen molar-refractivity contribution in [2.45, 2.75) is 32.4 Å². The van der Waals surface area contributed by atoms with Gasteiger partial charge >= 0.3 is 5.97 Å². The number of piperazine rings is 1. The van der Waals surface area contributed by atoms with Crippen molar-refractivity contribution in [1.82, 2.24) is 9.80 Å². The molecule has 0 amide bonds. The van der Waals surface area contributed by atoms with Crippen LogP contribution in [0.25, 0.3) is 0 Å².